The van der Waals surface area contributed by atoms with Crippen LogP contribution in [-0.4, -0.2) is 72.0 Å². The van der Waals surface area contributed by atoms with Gasteiger partial charge in [0.25, 0.3) is 11.8 Å². The van der Waals surface area contributed by atoms with E-state index in [4.69, 9.17) is 9.15 Å². The molecule has 1 amide bonds. The largest absolute Gasteiger partial charge is 0.438 e. The van der Waals surface area contributed by atoms with E-state index >= 15 is 0 Å². The number of halogens is 2. The van der Waals surface area contributed by atoms with Gasteiger partial charge in [-0.1, -0.05) is 0 Å². The monoisotopic (exact) mass is 301 g/mol. The van der Waals surface area contributed by atoms with E-state index in [1.165, 1.54) is 19.7 Å². The quantitative estimate of drug-likeness (QED) is 0.825. The van der Waals surface area contributed by atoms with E-state index in [-0.39, 0.29) is 43.3 Å². The van der Waals surface area contributed by atoms with E-state index in [0.29, 0.717) is 13.1 Å². The minimum atomic E-state index is -2.68. The average Bonchev–Trinajstić information content (AvgIpc) is 2.96. The summed E-state index contributed by atoms with van der Waals surface area (Å²) in [7, 11) is 1.51. The Bertz CT molecular complexity index is 503. The maximum Gasteiger partial charge on any atom is 0.291 e. The van der Waals surface area contributed by atoms with Crippen LogP contribution in [0, 0.1) is 0 Å². The van der Waals surface area contributed by atoms with Gasteiger partial charge >= 0.3 is 0 Å². The zero-order chi connectivity index (χ0) is 15.0. The number of hydrogen-bond donors (Lipinski definition) is 0. The van der Waals surface area contributed by atoms with Crippen LogP contribution >= 0.6 is 0 Å². The maximum absolute atomic E-state index is 13.6. The molecule has 6 nitrogen and oxygen atoms in total. The third kappa shape index (κ3) is 2.77. The normalized spacial score (nSPS) is 26.0. The van der Waals surface area contributed by atoms with Crippen molar-refractivity contribution >= 4 is 5.91 Å². The van der Waals surface area contributed by atoms with Crippen LogP contribution < -0.4 is 0 Å². The Morgan fingerprint density at radius 2 is 2.33 bits per heavy atom. The first kappa shape index (κ1) is 14.4. The van der Waals surface area contributed by atoms with Crippen molar-refractivity contribution in [2.75, 3.05) is 33.4 Å². The number of rotatable bonds is 4. The summed E-state index contributed by atoms with van der Waals surface area (Å²) in [5.74, 6) is -2.76. The zero-order valence-electron chi connectivity index (χ0n) is 11.7. The Kier molecular flexibility index (Phi) is 3.66. The standard InChI is InChI=1S/C13H17F2N3O3/c1-20-6-9-2-13(14,15)7-18(9)10-4-17(5-10)12(19)11-3-16-8-21-11/h3,8-10H,2,4-7H2,1H3. The van der Waals surface area contributed by atoms with Crippen molar-refractivity contribution in [3.8, 4) is 0 Å². The summed E-state index contributed by atoms with van der Waals surface area (Å²) in [6.07, 6.45) is 2.36. The van der Waals surface area contributed by atoms with Crippen molar-refractivity contribution in [3.63, 3.8) is 0 Å². The number of methoxy groups -OCH3 is 1. The Hall–Kier alpha value is -1.54. The van der Waals surface area contributed by atoms with E-state index in [2.05, 4.69) is 4.98 Å². The molecule has 0 saturated carbocycles. The van der Waals surface area contributed by atoms with Gasteiger partial charge in [0.15, 0.2) is 6.39 Å². The fourth-order valence-corrected chi connectivity index (χ4v) is 3.01. The van der Waals surface area contributed by atoms with Crippen molar-refractivity contribution in [2.24, 2.45) is 0 Å². The second-order valence-electron chi connectivity index (χ2n) is 5.57. The van der Waals surface area contributed by atoms with Gasteiger partial charge < -0.3 is 14.1 Å². The van der Waals surface area contributed by atoms with Crippen molar-refractivity contribution in [2.45, 2.75) is 24.4 Å². The smallest absolute Gasteiger partial charge is 0.291 e. The van der Waals surface area contributed by atoms with E-state index in [1.807, 2.05) is 0 Å². The molecule has 0 N–H and O–H groups in total. The summed E-state index contributed by atoms with van der Waals surface area (Å²) < 4.78 is 37.1. The van der Waals surface area contributed by atoms with Gasteiger partial charge in [-0.05, 0) is 0 Å². The maximum atomic E-state index is 13.6. The molecule has 0 aromatic carbocycles. The highest BCUT2D eigenvalue weighted by atomic mass is 19.3. The Balaban J connectivity index is 1.59. The number of amides is 1. The average molecular weight is 301 g/mol. The number of ether oxygens (including phenoxy) is 1. The number of hydrogen-bond acceptors (Lipinski definition) is 5. The molecule has 3 heterocycles. The third-order valence-electron chi connectivity index (χ3n) is 4.04. The molecule has 2 fully saturated rings. The van der Waals surface area contributed by atoms with E-state index in [9.17, 15) is 13.6 Å². The van der Waals surface area contributed by atoms with Crippen LogP contribution in [-0.2, 0) is 4.74 Å². The molecule has 2 saturated heterocycles. The van der Waals surface area contributed by atoms with Crippen molar-refractivity contribution < 1.29 is 22.7 Å². The first-order chi connectivity index (χ1) is 10.00. The van der Waals surface area contributed by atoms with Gasteiger partial charge in [-0.25, -0.2) is 13.8 Å². The second kappa shape index (κ2) is 5.34. The Labute approximate surface area is 120 Å². The van der Waals surface area contributed by atoms with Crippen LogP contribution in [0.15, 0.2) is 17.0 Å². The molecule has 1 aromatic rings. The lowest BCUT2D eigenvalue weighted by molar-refractivity contribution is -0.0144. The Morgan fingerprint density at radius 1 is 1.57 bits per heavy atom. The van der Waals surface area contributed by atoms with Crippen LogP contribution in [0.1, 0.15) is 17.0 Å². The number of carbonyl (C=O) groups is 1. The number of carbonyl (C=O) groups excluding carboxylic acids is 1. The van der Waals surface area contributed by atoms with Gasteiger partial charge in [-0.3, -0.25) is 9.69 Å². The van der Waals surface area contributed by atoms with Crippen LogP contribution in [0.5, 0.6) is 0 Å². The summed E-state index contributed by atoms with van der Waals surface area (Å²) in [5, 5.41) is 0. The highest BCUT2D eigenvalue weighted by Crippen LogP contribution is 2.35. The molecule has 3 rings (SSSR count). The lowest BCUT2D eigenvalue weighted by atomic mass is 10.1. The van der Waals surface area contributed by atoms with Crippen LogP contribution in [0.25, 0.3) is 0 Å². The molecule has 0 radical (unpaired) electrons. The molecule has 8 heteroatoms. The first-order valence-corrected chi connectivity index (χ1v) is 6.80. The highest BCUT2D eigenvalue weighted by Gasteiger charge is 2.50. The number of aromatic nitrogens is 1. The second-order valence-corrected chi connectivity index (χ2v) is 5.57. The first-order valence-electron chi connectivity index (χ1n) is 6.80. The molecule has 1 unspecified atom stereocenters. The minimum absolute atomic E-state index is 0.0506. The van der Waals surface area contributed by atoms with Crippen LogP contribution in [0.4, 0.5) is 8.78 Å². The molecule has 0 aliphatic carbocycles. The van der Waals surface area contributed by atoms with Crippen LogP contribution in [0.2, 0.25) is 0 Å². The molecule has 1 atom stereocenters. The van der Waals surface area contributed by atoms with Crippen LogP contribution in [0.3, 0.4) is 0 Å². The summed E-state index contributed by atoms with van der Waals surface area (Å²) in [6, 6.07) is -0.345. The van der Waals surface area contributed by atoms with Gasteiger partial charge in [0, 0.05) is 38.7 Å². The molecule has 2 aliphatic rings. The molecule has 116 valence electrons. The summed E-state index contributed by atoms with van der Waals surface area (Å²) in [4.78, 5) is 19.0. The molecular weight excluding hydrogens is 284 g/mol. The van der Waals surface area contributed by atoms with E-state index in [1.54, 1.807) is 9.80 Å². The Morgan fingerprint density at radius 3 is 2.95 bits per heavy atom. The SMILES string of the molecule is COCC1CC(F)(F)CN1C1CN(C(=O)c2cnco2)C1. The third-order valence-corrected chi connectivity index (χ3v) is 4.04. The van der Waals surface area contributed by atoms with Gasteiger partial charge in [0.1, 0.15) is 0 Å². The number of likely N-dealkylation sites (tertiary alicyclic amines) is 2. The van der Waals surface area contributed by atoms with Gasteiger partial charge in [0.2, 0.25) is 5.76 Å². The summed E-state index contributed by atoms with van der Waals surface area (Å²) in [6.45, 7) is 0.865. The molecule has 0 bridgehead atoms. The van der Waals surface area contributed by atoms with Crippen molar-refractivity contribution in [1.29, 1.82) is 0 Å². The van der Waals surface area contributed by atoms with Gasteiger partial charge in [-0.2, -0.15) is 0 Å². The topological polar surface area (TPSA) is 58.8 Å². The van der Waals surface area contributed by atoms with Gasteiger partial charge in [-0.15, -0.1) is 0 Å². The summed E-state index contributed by atoms with van der Waals surface area (Å²) >= 11 is 0. The molecule has 0 spiro atoms. The lowest BCUT2D eigenvalue weighted by Gasteiger charge is -2.45. The predicted molar refractivity (Wildman–Crippen MR) is 68.1 cm³/mol. The molecule has 21 heavy (non-hydrogen) atoms. The fourth-order valence-electron chi connectivity index (χ4n) is 3.01. The van der Waals surface area contributed by atoms with Crippen molar-refractivity contribution in [3.05, 3.63) is 18.4 Å². The van der Waals surface area contributed by atoms with Gasteiger partial charge in [0.05, 0.1) is 19.3 Å². The number of nitrogens with zero attached hydrogens (tertiary/aromatic N) is 3. The predicted octanol–water partition coefficient (Wildman–Crippen LogP) is 0.855. The highest BCUT2D eigenvalue weighted by molar-refractivity contribution is 5.91. The van der Waals surface area contributed by atoms with Crippen molar-refractivity contribution in [1.82, 2.24) is 14.8 Å². The number of oxazole rings is 1. The van der Waals surface area contributed by atoms with E-state index in [0.717, 1.165) is 0 Å². The molecular formula is C13H17F2N3O3. The molecule has 2 aliphatic heterocycles. The zero-order valence-corrected chi connectivity index (χ0v) is 11.7. The van der Waals surface area contributed by atoms with E-state index < -0.39 is 5.92 Å². The fraction of sp³-hybridized carbons (Fsp3) is 0.692. The minimum Gasteiger partial charge on any atom is -0.438 e. The number of alkyl halides is 2. The molecule has 1 aromatic heterocycles. The summed E-state index contributed by atoms with van der Waals surface area (Å²) in [5.41, 5.74) is 0. The lowest BCUT2D eigenvalue weighted by Crippen LogP contribution is -2.62.